The number of hydrogen-bond acceptors (Lipinski definition) is 3. The Labute approximate surface area is 370 Å². The predicted molar refractivity (Wildman–Crippen MR) is 264 cm³/mol. The van der Waals surface area contributed by atoms with E-state index in [9.17, 15) is 0 Å². The van der Waals surface area contributed by atoms with E-state index in [0.717, 1.165) is 77.6 Å². The minimum absolute atomic E-state index is 0.544. The lowest BCUT2D eigenvalue weighted by Crippen LogP contribution is -2.28. The second-order valence-corrected chi connectivity index (χ2v) is 16.8. The van der Waals surface area contributed by atoms with Gasteiger partial charge in [-0.3, -0.25) is 0 Å². The van der Waals surface area contributed by atoms with Gasteiger partial charge in [-0.2, -0.15) is 0 Å². The van der Waals surface area contributed by atoms with Crippen molar-refractivity contribution < 1.29 is 8.83 Å². The molecule has 3 heteroatoms. The maximum atomic E-state index is 7.11. The molecule has 0 atom stereocenters. The Kier molecular flexibility index (Phi) is 8.13. The van der Waals surface area contributed by atoms with Gasteiger partial charge in [0.2, 0.25) is 0 Å². The van der Waals surface area contributed by atoms with Crippen LogP contribution >= 0.6 is 0 Å². The van der Waals surface area contributed by atoms with E-state index in [2.05, 4.69) is 235 Å². The highest BCUT2D eigenvalue weighted by atomic mass is 16.3. The summed E-state index contributed by atoms with van der Waals surface area (Å²) < 4.78 is 13.7. The number of nitrogens with zero attached hydrogens (tertiary/aromatic N) is 1. The molecule has 0 fully saturated rings. The zero-order valence-corrected chi connectivity index (χ0v) is 34.8. The zero-order chi connectivity index (χ0) is 42.2. The Morgan fingerprint density at radius 1 is 0.328 bits per heavy atom. The largest absolute Gasteiger partial charge is 0.456 e. The average Bonchev–Trinajstić information content (AvgIpc) is 4.02. The van der Waals surface area contributed by atoms with Gasteiger partial charge in [0.05, 0.1) is 16.8 Å². The number of benzene rings is 10. The van der Waals surface area contributed by atoms with E-state index in [1.54, 1.807) is 0 Å². The van der Waals surface area contributed by atoms with Crippen LogP contribution in [0.3, 0.4) is 0 Å². The second kappa shape index (κ2) is 14.3. The zero-order valence-electron chi connectivity index (χ0n) is 34.8. The van der Waals surface area contributed by atoms with Gasteiger partial charge >= 0.3 is 0 Å². The normalized spacial score (nSPS) is 12.8. The summed E-state index contributed by atoms with van der Waals surface area (Å²) in [5.41, 5.74) is 17.9. The summed E-state index contributed by atoms with van der Waals surface area (Å²) in [4.78, 5) is 2.41. The third kappa shape index (κ3) is 5.41. The fourth-order valence-corrected chi connectivity index (χ4v) is 10.5. The standard InChI is InChI=1S/C61H39NO2/c1-5-17-40(18-6-1)42-31-34-46(35-32-42)62(54-29-16-28-53-59(54)49-25-13-14-27-52(49)61(53,44-21-9-3-10-22-44)45-23-11-4-12-24-45)55-30-15-26-48-51-39-57-50(38-58(51)64-60(48)55)47-36-33-43(37-56(47)63-57)41-19-7-2-8-20-41/h1-39H. The van der Waals surface area contributed by atoms with Gasteiger partial charge in [0.1, 0.15) is 16.7 Å². The molecule has 0 saturated carbocycles. The van der Waals surface area contributed by atoms with Crippen LogP contribution in [-0.2, 0) is 5.41 Å². The van der Waals surface area contributed by atoms with E-state index in [0.29, 0.717) is 0 Å². The minimum Gasteiger partial charge on any atom is -0.456 e. The van der Waals surface area contributed by atoms with Crippen molar-refractivity contribution in [2.75, 3.05) is 4.90 Å². The van der Waals surface area contributed by atoms with E-state index in [4.69, 9.17) is 8.83 Å². The van der Waals surface area contributed by atoms with Gasteiger partial charge in [0.25, 0.3) is 0 Å². The molecule has 0 spiro atoms. The Morgan fingerprint density at radius 2 is 0.844 bits per heavy atom. The maximum Gasteiger partial charge on any atom is 0.159 e. The average molecular weight is 818 g/mol. The third-order valence-electron chi connectivity index (χ3n) is 13.4. The molecular weight excluding hydrogens is 779 g/mol. The lowest BCUT2D eigenvalue weighted by Gasteiger charge is -2.34. The van der Waals surface area contributed by atoms with Crippen molar-refractivity contribution in [2.24, 2.45) is 0 Å². The van der Waals surface area contributed by atoms with Crippen LogP contribution in [0.2, 0.25) is 0 Å². The highest BCUT2D eigenvalue weighted by Gasteiger charge is 2.47. The molecule has 0 unspecified atom stereocenters. The van der Waals surface area contributed by atoms with Gasteiger partial charge in [0, 0.05) is 32.8 Å². The highest BCUT2D eigenvalue weighted by Crippen LogP contribution is 2.60. The van der Waals surface area contributed by atoms with E-state index in [1.165, 1.54) is 38.9 Å². The van der Waals surface area contributed by atoms with Crippen molar-refractivity contribution in [1.29, 1.82) is 0 Å². The third-order valence-corrected chi connectivity index (χ3v) is 13.4. The van der Waals surface area contributed by atoms with Crippen LogP contribution in [0.15, 0.2) is 245 Å². The van der Waals surface area contributed by atoms with E-state index < -0.39 is 5.41 Å². The van der Waals surface area contributed by atoms with E-state index in [-0.39, 0.29) is 0 Å². The molecular formula is C61H39NO2. The van der Waals surface area contributed by atoms with Crippen LogP contribution in [0.5, 0.6) is 0 Å². The Morgan fingerprint density at radius 3 is 1.55 bits per heavy atom. The summed E-state index contributed by atoms with van der Waals surface area (Å²) in [5, 5.41) is 4.14. The Balaban J connectivity index is 1.05. The number of fused-ring (bicyclic) bond motifs is 9. The molecule has 0 radical (unpaired) electrons. The first-order chi connectivity index (χ1) is 31.7. The number of rotatable bonds is 7. The minimum atomic E-state index is -0.544. The molecule has 0 amide bonds. The summed E-state index contributed by atoms with van der Waals surface area (Å²) in [5.74, 6) is 0. The van der Waals surface area contributed by atoms with Crippen molar-refractivity contribution in [3.8, 4) is 33.4 Å². The second-order valence-electron chi connectivity index (χ2n) is 16.8. The van der Waals surface area contributed by atoms with Crippen molar-refractivity contribution in [3.63, 3.8) is 0 Å². The summed E-state index contributed by atoms with van der Waals surface area (Å²) in [6.45, 7) is 0. The first kappa shape index (κ1) is 36.3. The van der Waals surface area contributed by atoms with Gasteiger partial charge in [0.15, 0.2) is 5.58 Å². The van der Waals surface area contributed by atoms with Crippen molar-refractivity contribution in [2.45, 2.75) is 5.41 Å². The number of para-hydroxylation sites is 1. The smallest absolute Gasteiger partial charge is 0.159 e. The van der Waals surface area contributed by atoms with Crippen molar-refractivity contribution in [1.82, 2.24) is 0 Å². The molecule has 3 nitrogen and oxygen atoms in total. The Hall–Kier alpha value is -8.40. The molecule has 0 bridgehead atoms. The molecule has 2 aromatic heterocycles. The van der Waals surface area contributed by atoms with Gasteiger partial charge in [-0.05, 0) is 98.6 Å². The molecule has 64 heavy (non-hydrogen) atoms. The number of furan rings is 2. The van der Waals surface area contributed by atoms with Crippen LogP contribution in [0.1, 0.15) is 22.3 Å². The quantitative estimate of drug-likeness (QED) is 0.160. The van der Waals surface area contributed by atoms with Crippen LogP contribution in [0, 0.1) is 0 Å². The van der Waals surface area contributed by atoms with E-state index in [1.807, 2.05) is 6.07 Å². The monoisotopic (exact) mass is 817 g/mol. The van der Waals surface area contributed by atoms with Gasteiger partial charge in [-0.25, -0.2) is 0 Å². The summed E-state index contributed by atoms with van der Waals surface area (Å²) >= 11 is 0. The molecule has 12 aromatic rings. The van der Waals surface area contributed by atoms with Crippen molar-refractivity contribution in [3.05, 3.63) is 259 Å². The van der Waals surface area contributed by atoms with Crippen LogP contribution in [-0.4, -0.2) is 0 Å². The van der Waals surface area contributed by atoms with Gasteiger partial charge in [-0.15, -0.1) is 0 Å². The first-order valence-electron chi connectivity index (χ1n) is 21.9. The molecule has 1 aliphatic carbocycles. The topological polar surface area (TPSA) is 29.5 Å². The number of anilines is 3. The lowest BCUT2D eigenvalue weighted by atomic mass is 9.68. The van der Waals surface area contributed by atoms with Crippen LogP contribution < -0.4 is 4.90 Å². The highest BCUT2D eigenvalue weighted by molar-refractivity contribution is 6.17. The number of hydrogen-bond donors (Lipinski definition) is 0. The molecule has 0 saturated heterocycles. The molecule has 13 rings (SSSR count). The first-order valence-corrected chi connectivity index (χ1v) is 21.9. The SMILES string of the molecule is c1ccc(-c2ccc(N(c3cccc4c3-c3ccccc3C4(c3ccccc3)c3ccccc3)c3cccc4c3oc3cc5c(cc34)oc3cc(-c4ccccc4)ccc35)cc2)cc1. The van der Waals surface area contributed by atoms with Crippen LogP contribution in [0.25, 0.3) is 77.3 Å². The molecule has 300 valence electrons. The fraction of sp³-hybridized carbons (Fsp3) is 0.0164. The lowest BCUT2D eigenvalue weighted by molar-refractivity contribution is 0.664. The Bertz CT molecular complexity index is 3660. The molecule has 0 N–H and O–H groups in total. The van der Waals surface area contributed by atoms with Crippen LogP contribution in [0.4, 0.5) is 17.1 Å². The molecule has 0 aliphatic heterocycles. The van der Waals surface area contributed by atoms with Crippen molar-refractivity contribution >= 4 is 60.9 Å². The summed E-state index contributed by atoms with van der Waals surface area (Å²) in [7, 11) is 0. The van der Waals surface area contributed by atoms with E-state index >= 15 is 0 Å². The van der Waals surface area contributed by atoms with Gasteiger partial charge in [-0.1, -0.05) is 188 Å². The summed E-state index contributed by atoms with van der Waals surface area (Å²) in [6, 6.07) is 85.1. The molecule has 1 aliphatic rings. The predicted octanol–water partition coefficient (Wildman–Crippen LogP) is 16.7. The molecule has 10 aromatic carbocycles. The molecule has 2 heterocycles. The fourth-order valence-electron chi connectivity index (χ4n) is 10.5. The summed E-state index contributed by atoms with van der Waals surface area (Å²) in [6.07, 6.45) is 0. The van der Waals surface area contributed by atoms with Gasteiger partial charge < -0.3 is 13.7 Å². The maximum absolute atomic E-state index is 7.11.